The minimum atomic E-state index is -3.67. The summed E-state index contributed by atoms with van der Waals surface area (Å²) in [5.41, 5.74) is 2.53. The van der Waals surface area contributed by atoms with Crippen molar-refractivity contribution >= 4 is 37.3 Å². The van der Waals surface area contributed by atoms with Crippen LogP contribution in [0.5, 0.6) is 5.75 Å². The Morgan fingerprint density at radius 2 is 1.71 bits per heavy atom. The standard InChI is InChI=1S/C24H31N3O6S2/c1-24(2,3)17-7-10-21-20(14-17)27(34(6,29)30)15-22(33-21)23(28)26-12-11-16-13-18(8-9-19(16)26)35(31,32)25(4)5/h7-10,13-14,22H,11-12,15H2,1-6H3. The first-order chi connectivity index (χ1) is 16.1. The van der Waals surface area contributed by atoms with Gasteiger partial charge in [-0.1, -0.05) is 26.8 Å². The molecule has 0 bridgehead atoms. The van der Waals surface area contributed by atoms with Gasteiger partial charge in [-0.15, -0.1) is 0 Å². The summed E-state index contributed by atoms with van der Waals surface area (Å²) in [6, 6.07) is 10.1. The summed E-state index contributed by atoms with van der Waals surface area (Å²) in [4.78, 5) is 15.2. The second-order valence-corrected chi connectivity index (χ2v) is 14.2. The van der Waals surface area contributed by atoms with E-state index in [0.717, 1.165) is 21.7 Å². The molecule has 2 aromatic carbocycles. The van der Waals surface area contributed by atoms with Crippen molar-refractivity contribution in [1.82, 2.24) is 4.31 Å². The van der Waals surface area contributed by atoms with Crippen molar-refractivity contribution in [2.24, 2.45) is 0 Å². The van der Waals surface area contributed by atoms with Crippen LogP contribution in [0.15, 0.2) is 41.3 Å². The Morgan fingerprint density at radius 3 is 2.31 bits per heavy atom. The zero-order valence-electron chi connectivity index (χ0n) is 20.8. The van der Waals surface area contributed by atoms with Crippen molar-refractivity contribution in [2.45, 2.75) is 43.6 Å². The molecule has 1 atom stereocenters. The normalized spacial score (nSPS) is 18.3. The predicted molar refractivity (Wildman–Crippen MR) is 135 cm³/mol. The van der Waals surface area contributed by atoms with E-state index in [1.807, 2.05) is 26.8 Å². The highest BCUT2D eigenvalue weighted by Gasteiger charge is 2.39. The van der Waals surface area contributed by atoms with E-state index in [1.165, 1.54) is 24.5 Å². The number of ether oxygens (including phenoxy) is 1. The maximum Gasteiger partial charge on any atom is 0.269 e. The number of carbonyl (C=O) groups excluding carboxylic acids is 1. The van der Waals surface area contributed by atoms with Gasteiger partial charge in [0, 0.05) is 26.3 Å². The van der Waals surface area contributed by atoms with Crippen molar-refractivity contribution in [1.29, 1.82) is 0 Å². The van der Waals surface area contributed by atoms with Gasteiger partial charge in [-0.05, 0) is 53.3 Å². The summed E-state index contributed by atoms with van der Waals surface area (Å²) in [5, 5.41) is 0. The maximum absolute atomic E-state index is 13.5. The van der Waals surface area contributed by atoms with Crippen LogP contribution < -0.4 is 13.9 Å². The minimum Gasteiger partial charge on any atom is -0.476 e. The van der Waals surface area contributed by atoms with E-state index < -0.39 is 26.2 Å². The molecule has 2 aromatic rings. The second-order valence-electron chi connectivity index (χ2n) is 10.2. The number of fused-ring (bicyclic) bond motifs is 2. The van der Waals surface area contributed by atoms with Crippen molar-refractivity contribution in [3.05, 3.63) is 47.5 Å². The van der Waals surface area contributed by atoms with Crippen LogP contribution in [0.1, 0.15) is 31.9 Å². The van der Waals surface area contributed by atoms with Gasteiger partial charge in [0.25, 0.3) is 5.91 Å². The topological polar surface area (TPSA) is 104 Å². The molecule has 1 amide bonds. The van der Waals surface area contributed by atoms with Crippen LogP contribution in [-0.4, -0.2) is 66.6 Å². The largest absolute Gasteiger partial charge is 0.476 e. The molecule has 0 N–H and O–H groups in total. The van der Waals surface area contributed by atoms with E-state index >= 15 is 0 Å². The fourth-order valence-electron chi connectivity index (χ4n) is 4.31. The quantitative estimate of drug-likeness (QED) is 0.612. The average Bonchev–Trinajstić information content (AvgIpc) is 3.19. The number of anilines is 2. The molecule has 190 valence electrons. The van der Waals surface area contributed by atoms with Crippen LogP contribution in [0.2, 0.25) is 0 Å². The maximum atomic E-state index is 13.5. The molecule has 0 aromatic heterocycles. The van der Waals surface area contributed by atoms with Crippen molar-refractivity contribution in [3.63, 3.8) is 0 Å². The molecule has 1 unspecified atom stereocenters. The van der Waals surface area contributed by atoms with E-state index in [2.05, 4.69) is 0 Å². The fraction of sp³-hybridized carbons (Fsp3) is 0.458. The summed E-state index contributed by atoms with van der Waals surface area (Å²) in [6.45, 7) is 6.33. The Balaban J connectivity index is 1.66. The number of benzene rings is 2. The highest BCUT2D eigenvalue weighted by atomic mass is 32.2. The molecule has 35 heavy (non-hydrogen) atoms. The number of rotatable bonds is 4. The lowest BCUT2D eigenvalue weighted by molar-refractivity contribution is -0.125. The smallest absolute Gasteiger partial charge is 0.269 e. The van der Waals surface area contributed by atoms with Crippen LogP contribution >= 0.6 is 0 Å². The number of amides is 1. The van der Waals surface area contributed by atoms with Gasteiger partial charge in [-0.3, -0.25) is 9.10 Å². The summed E-state index contributed by atoms with van der Waals surface area (Å²) >= 11 is 0. The van der Waals surface area contributed by atoms with Crippen LogP contribution in [0.25, 0.3) is 0 Å². The van der Waals surface area contributed by atoms with Gasteiger partial charge in [0.2, 0.25) is 20.0 Å². The molecule has 4 rings (SSSR count). The van der Waals surface area contributed by atoms with E-state index in [4.69, 9.17) is 4.74 Å². The zero-order valence-corrected chi connectivity index (χ0v) is 22.4. The van der Waals surface area contributed by atoms with Gasteiger partial charge in [0.1, 0.15) is 5.75 Å². The number of sulfonamides is 2. The summed E-state index contributed by atoms with van der Waals surface area (Å²) in [5.74, 6) is -0.0361. The van der Waals surface area contributed by atoms with Gasteiger partial charge in [-0.25, -0.2) is 21.1 Å². The molecule has 0 saturated heterocycles. The highest BCUT2D eigenvalue weighted by molar-refractivity contribution is 7.92. The third kappa shape index (κ3) is 4.64. The zero-order chi connectivity index (χ0) is 25.9. The van der Waals surface area contributed by atoms with Gasteiger partial charge in [0.15, 0.2) is 6.10 Å². The Bertz CT molecular complexity index is 1390. The first-order valence-electron chi connectivity index (χ1n) is 11.3. The van der Waals surface area contributed by atoms with Gasteiger partial charge in [-0.2, -0.15) is 0 Å². The van der Waals surface area contributed by atoms with Crippen molar-refractivity contribution in [3.8, 4) is 5.75 Å². The monoisotopic (exact) mass is 521 g/mol. The van der Waals surface area contributed by atoms with Crippen LogP contribution in [0.4, 0.5) is 11.4 Å². The van der Waals surface area contributed by atoms with Crippen molar-refractivity contribution in [2.75, 3.05) is 42.6 Å². The SMILES string of the molecule is CN(C)S(=O)(=O)c1ccc2c(c1)CCN2C(=O)C1CN(S(C)(=O)=O)c2cc(C(C)(C)C)ccc2O1. The van der Waals surface area contributed by atoms with E-state index in [0.29, 0.717) is 30.1 Å². The third-order valence-electron chi connectivity index (χ3n) is 6.36. The molecular formula is C24H31N3O6S2. The highest BCUT2D eigenvalue weighted by Crippen LogP contribution is 2.40. The molecule has 0 aliphatic carbocycles. The Labute approximate surface area is 207 Å². The van der Waals surface area contributed by atoms with Gasteiger partial charge in [0.05, 0.1) is 23.4 Å². The molecule has 0 radical (unpaired) electrons. The molecule has 2 aliphatic rings. The number of carbonyl (C=O) groups is 1. The van der Waals surface area contributed by atoms with E-state index in [-0.39, 0.29) is 22.8 Å². The molecule has 0 saturated carbocycles. The average molecular weight is 522 g/mol. The van der Waals surface area contributed by atoms with Crippen LogP contribution in [0.3, 0.4) is 0 Å². The molecular weight excluding hydrogens is 490 g/mol. The molecule has 2 aliphatic heterocycles. The number of nitrogens with zero attached hydrogens (tertiary/aromatic N) is 3. The molecule has 11 heteroatoms. The molecule has 2 heterocycles. The molecule has 9 nitrogen and oxygen atoms in total. The number of hydrogen-bond acceptors (Lipinski definition) is 6. The third-order valence-corrected chi connectivity index (χ3v) is 9.32. The molecule has 0 fully saturated rings. The van der Waals surface area contributed by atoms with Crippen LogP contribution in [-0.2, 0) is 36.7 Å². The lowest BCUT2D eigenvalue weighted by Crippen LogP contribution is -2.51. The van der Waals surface area contributed by atoms with Crippen molar-refractivity contribution < 1.29 is 26.4 Å². The Kier molecular flexibility index (Phi) is 6.18. The summed E-state index contributed by atoms with van der Waals surface area (Å²) in [6.07, 6.45) is 0.575. The van der Waals surface area contributed by atoms with E-state index in [9.17, 15) is 21.6 Å². The Morgan fingerprint density at radius 1 is 1.03 bits per heavy atom. The van der Waals surface area contributed by atoms with Gasteiger partial charge >= 0.3 is 0 Å². The first-order valence-corrected chi connectivity index (χ1v) is 14.6. The minimum absolute atomic E-state index is 0.142. The van der Waals surface area contributed by atoms with Crippen LogP contribution in [0, 0.1) is 0 Å². The summed E-state index contributed by atoms with van der Waals surface area (Å²) in [7, 11) is -4.33. The lowest BCUT2D eigenvalue weighted by Gasteiger charge is -2.36. The molecule has 0 spiro atoms. The second kappa shape index (κ2) is 8.49. The number of hydrogen-bond donors (Lipinski definition) is 0. The lowest BCUT2D eigenvalue weighted by atomic mass is 9.86. The first kappa shape index (κ1) is 25.5. The fourth-order valence-corrected chi connectivity index (χ4v) is 6.17. The Hall–Kier alpha value is -2.63. The summed E-state index contributed by atoms with van der Waals surface area (Å²) < 4.78 is 58.7. The van der Waals surface area contributed by atoms with E-state index in [1.54, 1.807) is 29.2 Å². The van der Waals surface area contributed by atoms with Gasteiger partial charge < -0.3 is 9.64 Å². The predicted octanol–water partition coefficient (Wildman–Crippen LogP) is 2.35.